The molecule has 0 spiro atoms. The van der Waals surface area contributed by atoms with E-state index in [-0.39, 0.29) is 11.8 Å². The number of halogens is 2. The quantitative estimate of drug-likeness (QED) is 0.865. The van der Waals surface area contributed by atoms with Crippen LogP contribution in [0.3, 0.4) is 0 Å². The van der Waals surface area contributed by atoms with Crippen molar-refractivity contribution in [2.24, 2.45) is 0 Å². The van der Waals surface area contributed by atoms with Crippen molar-refractivity contribution >= 4 is 57.1 Å². The van der Waals surface area contributed by atoms with E-state index < -0.39 is 0 Å². The number of nitrogens with zero attached hydrogens (tertiary/aromatic N) is 2. The van der Waals surface area contributed by atoms with E-state index in [0.717, 1.165) is 0 Å². The van der Waals surface area contributed by atoms with E-state index >= 15 is 0 Å². The summed E-state index contributed by atoms with van der Waals surface area (Å²) in [4.78, 5) is 9.18. The number of thiocarbonyl (C=S) groups is 1. The summed E-state index contributed by atoms with van der Waals surface area (Å²) < 4.78 is 10.3. The van der Waals surface area contributed by atoms with E-state index in [1.165, 1.54) is 14.2 Å². The average Bonchev–Trinajstić information content (AvgIpc) is 2.42. The Morgan fingerprint density at radius 1 is 1.20 bits per heavy atom. The Kier molecular flexibility index (Phi) is 4.47. The molecule has 0 fully saturated rings. The van der Waals surface area contributed by atoms with Crippen LogP contribution in [0.2, 0.25) is 10.0 Å². The van der Waals surface area contributed by atoms with Crippen molar-refractivity contribution in [1.82, 2.24) is 9.97 Å². The van der Waals surface area contributed by atoms with Crippen molar-refractivity contribution < 1.29 is 9.47 Å². The molecule has 0 aliphatic rings. The minimum absolute atomic E-state index is 0.253. The standard InChI is InChI=1S/C12H11Cl2N3O2S/c1-5(20)15-10-8(14)6(13)4-7-9(10)17-12(19-3)11(16-7)18-2/h4H,1-3H3,(H,15,20). The van der Waals surface area contributed by atoms with Gasteiger partial charge in [-0.05, 0) is 13.0 Å². The number of nitrogens with one attached hydrogen (secondary N) is 1. The smallest absolute Gasteiger partial charge is 0.278 e. The summed E-state index contributed by atoms with van der Waals surface area (Å²) in [7, 11) is 2.96. The molecule has 106 valence electrons. The van der Waals surface area contributed by atoms with Crippen LogP contribution in [0.25, 0.3) is 11.0 Å². The zero-order valence-electron chi connectivity index (χ0n) is 11.0. The third-order valence-electron chi connectivity index (χ3n) is 2.48. The molecular formula is C12H11Cl2N3O2S. The number of hydrogen-bond donors (Lipinski definition) is 1. The molecule has 0 bridgehead atoms. The summed E-state index contributed by atoms with van der Waals surface area (Å²) in [6.07, 6.45) is 0. The molecule has 5 nitrogen and oxygen atoms in total. The van der Waals surface area contributed by atoms with Crippen LogP contribution >= 0.6 is 35.4 Å². The van der Waals surface area contributed by atoms with Crippen LogP contribution in [-0.2, 0) is 0 Å². The van der Waals surface area contributed by atoms with Gasteiger partial charge in [0, 0.05) is 0 Å². The SMILES string of the molecule is COc1nc2cc(Cl)c(Cl)c(NC(C)=S)c2nc1OC. The fourth-order valence-corrected chi connectivity index (χ4v) is 2.16. The van der Waals surface area contributed by atoms with Crippen LogP contribution in [0.4, 0.5) is 5.69 Å². The van der Waals surface area contributed by atoms with E-state index in [4.69, 9.17) is 44.9 Å². The van der Waals surface area contributed by atoms with Gasteiger partial charge in [-0.15, -0.1) is 0 Å². The molecule has 0 aliphatic heterocycles. The van der Waals surface area contributed by atoms with Gasteiger partial charge in [0.2, 0.25) is 0 Å². The lowest BCUT2D eigenvalue weighted by molar-refractivity contribution is 0.334. The van der Waals surface area contributed by atoms with Crippen LogP contribution in [0.5, 0.6) is 11.8 Å². The Bertz CT molecular complexity index is 694. The summed E-state index contributed by atoms with van der Waals surface area (Å²) in [6, 6.07) is 1.61. The molecule has 0 aliphatic carbocycles. The van der Waals surface area contributed by atoms with E-state index in [2.05, 4.69) is 15.3 Å². The fourth-order valence-electron chi connectivity index (χ4n) is 1.66. The molecule has 0 saturated heterocycles. The molecule has 1 N–H and O–H groups in total. The zero-order chi connectivity index (χ0) is 14.9. The second-order valence-electron chi connectivity index (χ2n) is 3.84. The minimum Gasteiger partial charge on any atom is -0.477 e. The van der Waals surface area contributed by atoms with Gasteiger partial charge in [0.15, 0.2) is 0 Å². The summed E-state index contributed by atoms with van der Waals surface area (Å²) in [5.41, 5.74) is 1.52. The molecule has 0 atom stereocenters. The fraction of sp³-hybridized carbons (Fsp3) is 0.250. The van der Waals surface area contributed by atoms with Gasteiger partial charge in [-0.1, -0.05) is 35.4 Å². The maximum absolute atomic E-state index is 6.19. The first-order valence-corrected chi connectivity index (χ1v) is 6.69. The number of fused-ring (bicyclic) bond motifs is 1. The normalized spacial score (nSPS) is 10.4. The van der Waals surface area contributed by atoms with Crippen molar-refractivity contribution in [2.45, 2.75) is 6.92 Å². The lowest BCUT2D eigenvalue weighted by Crippen LogP contribution is -2.07. The van der Waals surface area contributed by atoms with Gasteiger partial charge in [-0.25, -0.2) is 9.97 Å². The van der Waals surface area contributed by atoms with Gasteiger partial charge in [-0.2, -0.15) is 0 Å². The summed E-state index contributed by atoms with van der Waals surface area (Å²) in [6.45, 7) is 1.73. The molecule has 20 heavy (non-hydrogen) atoms. The first-order chi connectivity index (χ1) is 9.47. The topological polar surface area (TPSA) is 56.3 Å². The minimum atomic E-state index is 0.253. The first-order valence-electron chi connectivity index (χ1n) is 5.53. The van der Waals surface area contributed by atoms with E-state index in [1.807, 2.05) is 0 Å². The molecular weight excluding hydrogens is 321 g/mol. The van der Waals surface area contributed by atoms with Crippen LogP contribution in [0.1, 0.15) is 6.92 Å². The molecule has 8 heteroatoms. The van der Waals surface area contributed by atoms with Crippen molar-refractivity contribution in [1.29, 1.82) is 0 Å². The van der Waals surface area contributed by atoms with Crippen molar-refractivity contribution in [3.05, 3.63) is 16.1 Å². The van der Waals surface area contributed by atoms with Crippen molar-refractivity contribution in [3.63, 3.8) is 0 Å². The van der Waals surface area contributed by atoms with Gasteiger partial charge in [0.25, 0.3) is 11.8 Å². The Morgan fingerprint density at radius 2 is 1.80 bits per heavy atom. The maximum atomic E-state index is 6.19. The lowest BCUT2D eigenvalue weighted by atomic mass is 10.2. The largest absolute Gasteiger partial charge is 0.477 e. The molecule has 0 saturated carbocycles. The highest BCUT2D eigenvalue weighted by Crippen LogP contribution is 2.38. The Hall–Kier alpha value is -1.37. The van der Waals surface area contributed by atoms with Gasteiger partial charge in [-0.3, -0.25) is 0 Å². The highest BCUT2D eigenvalue weighted by atomic mass is 35.5. The van der Waals surface area contributed by atoms with E-state index in [9.17, 15) is 0 Å². The Labute approximate surface area is 131 Å². The Balaban J connectivity index is 2.80. The average molecular weight is 332 g/mol. The summed E-state index contributed by atoms with van der Waals surface area (Å²) in [5, 5.41) is 3.63. The third kappa shape index (κ3) is 2.72. The van der Waals surface area contributed by atoms with Crippen LogP contribution in [0.15, 0.2) is 6.07 Å². The molecule has 1 heterocycles. The highest BCUT2D eigenvalue weighted by Gasteiger charge is 2.17. The highest BCUT2D eigenvalue weighted by molar-refractivity contribution is 7.80. The Morgan fingerprint density at radius 3 is 2.35 bits per heavy atom. The van der Waals surface area contributed by atoms with Gasteiger partial charge >= 0.3 is 0 Å². The summed E-state index contributed by atoms with van der Waals surface area (Å²) in [5.74, 6) is 0.520. The van der Waals surface area contributed by atoms with E-state index in [0.29, 0.717) is 31.8 Å². The van der Waals surface area contributed by atoms with Crippen molar-refractivity contribution in [3.8, 4) is 11.8 Å². The number of ether oxygens (including phenoxy) is 2. The molecule has 0 unspecified atom stereocenters. The van der Waals surface area contributed by atoms with Gasteiger partial charge in [0.05, 0.1) is 40.5 Å². The monoisotopic (exact) mass is 331 g/mol. The van der Waals surface area contributed by atoms with Crippen LogP contribution in [-0.4, -0.2) is 29.2 Å². The lowest BCUT2D eigenvalue weighted by Gasteiger charge is -2.13. The zero-order valence-corrected chi connectivity index (χ0v) is 13.3. The summed E-state index contributed by atoms with van der Waals surface area (Å²) >= 11 is 17.3. The molecule has 0 radical (unpaired) electrons. The second-order valence-corrected chi connectivity index (χ2v) is 5.24. The molecule has 2 aromatic rings. The first kappa shape index (κ1) is 15.0. The predicted octanol–water partition coefficient (Wildman–Crippen LogP) is 3.71. The van der Waals surface area contributed by atoms with Gasteiger partial charge in [0.1, 0.15) is 5.52 Å². The molecule has 2 rings (SSSR count). The second kappa shape index (κ2) is 5.95. The maximum Gasteiger partial charge on any atom is 0.278 e. The number of benzene rings is 1. The third-order valence-corrected chi connectivity index (χ3v) is 3.37. The van der Waals surface area contributed by atoms with E-state index in [1.54, 1.807) is 13.0 Å². The number of rotatable bonds is 3. The molecule has 1 aromatic heterocycles. The molecule has 0 amide bonds. The number of hydrogen-bond acceptors (Lipinski definition) is 5. The predicted molar refractivity (Wildman–Crippen MR) is 84.6 cm³/mol. The molecule has 1 aromatic carbocycles. The number of aromatic nitrogens is 2. The number of methoxy groups -OCH3 is 2. The number of anilines is 1. The van der Waals surface area contributed by atoms with Crippen LogP contribution in [0, 0.1) is 0 Å². The van der Waals surface area contributed by atoms with Crippen molar-refractivity contribution in [2.75, 3.05) is 19.5 Å². The van der Waals surface area contributed by atoms with Gasteiger partial charge < -0.3 is 14.8 Å². The van der Waals surface area contributed by atoms with Crippen LogP contribution < -0.4 is 14.8 Å².